The van der Waals surface area contributed by atoms with Crippen LogP contribution in [0.5, 0.6) is 0 Å². The molecule has 1 aliphatic rings. The summed E-state index contributed by atoms with van der Waals surface area (Å²) in [7, 11) is 1.60. The highest BCUT2D eigenvalue weighted by Gasteiger charge is 2.21. The summed E-state index contributed by atoms with van der Waals surface area (Å²) in [6.07, 6.45) is 1.65. The van der Waals surface area contributed by atoms with Crippen molar-refractivity contribution in [1.82, 2.24) is 24.6 Å². The van der Waals surface area contributed by atoms with Crippen LogP contribution in [0.2, 0.25) is 0 Å². The summed E-state index contributed by atoms with van der Waals surface area (Å²) in [6.45, 7) is 6.60. The number of methoxy groups -OCH3 is 1. The zero-order valence-electron chi connectivity index (χ0n) is 14.1. The maximum Gasteiger partial charge on any atom is 0.293 e. The Kier molecular flexibility index (Phi) is 5.13. The second-order valence-corrected chi connectivity index (χ2v) is 5.56. The molecule has 0 bridgehead atoms. The minimum absolute atomic E-state index is 0.156. The SMILES string of the molecule is CC#CCn1c(N2CCNCC2)nc2cnn(CCOC)c(=O)c21. The molecule has 3 rings (SSSR count). The number of fused-ring (bicyclic) bond motifs is 1. The number of rotatable bonds is 5. The molecule has 0 radical (unpaired) electrons. The first kappa shape index (κ1) is 16.5. The maximum absolute atomic E-state index is 12.8. The van der Waals surface area contributed by atoms with Gasteiger partial charge in [-0.15, -0.1) is 5.92 Å². The summed E-state index contributed by atoms with van der Waals surface area (Å²) in [5, 5.41) is 7.53. The van der Waals surface area contributed by atoms with Crippen LogP contribution in [0.3, 0.4) is 0 Å². The Hall–Kier alpha value is -2.37. The Bertz CT molecular complexity index is 823. The van der Waals surface area contributed by atoms with Crippen LogP contribution < -0.4 is 15.8 Å². The molecule has 0 saturated carbocycles. The molecule has 0 aliphatic carbocycles. The molecule has 3 heterocycles. The van der Waals surface area contributed by atoms with Gasteiger partial charge in [-0.05, 0) is 6.92 Å². The third kappa shape index (κ3) is 3.13. The predicted octanol–water partition coefficient (Wildman–Crippen LogP) is -0.328. The van der Waals surface area contributed by atoms with Crippen molar-refractivity contribution in [2.45, 2.75) is 20.0 Å². The van der Waals surface area contributed by atoms with Gasteiger partial charge in [0.25, 0.3) is 5.56 Å². The van der Waals surface area contributed by atoms with Crippen molar-refractivity contribution in [3.05, 3.63) is 16.6 Å². The second kappa shape index (κ2) is 7.47. The number of anilines is 1. The van der Waals surface area contributed by atoms with Crippen molar-refractivity contribution in [3.63, 3.8) is 0 Å². The smallest absolute Gasteiger partial charge is 0.293 e. The van der Waals surface area contributed by atoms with Gasteiger partial charge in [0.15, 0.2) is 0 Å². The van der Waals surface area contributed by atoms with Crippen LogP contribution in [0.1, 0.15) is 6.92 Å². The Morgan fingerprint density at radius 1 is 1.38 bits per heavy atom. The number of imidazole rings is 1. The minimum Gasteiger partial charge on any atom is -0.383 e. The van der Waals surface area contributed by atoms with E-state index in [2.05, 4.69) is 32.1 Å². The predicted molar refractivity (Wildman–Crippen MR) is 92.2 cm³/mol. The number of hydrogen-bond donors (Lipinski definition) is 1. The highest BCUT2D eigenvalue weighted by molar-refractivity contribution is 5.77. The van der Waals surface area contributed by atoms with Crippen molar-refractivity contribution in [2.75, 3.05) is 44.8 Å². The average molecular weight is 330 g/mol. The topological polar surface area (TPSA) is 77.2 Å². The van der Waals surface area contributed by atoms with E-state index in [4.69, 9.17) is 4.74 Å². The lowest BCUT2D eigenvalue weighted by Gasteiger charge is -2.28. The number of hydrogen-bond acceptors (Lipinski definition) is 6. The van der Waals surface area contributed by atoms with Crippen molar-refractivity contribution in [1.29, 1.82) is 0 Å². The van der Waals surface area contributed by atoms with Crippen molar-refractivity contribution in [2.24, 2.45) is 0 Å². The first-order valence-corrected chi connectivity index (χ1v) is 8.07. The monoisotopic (exact) mass is 330 g/mol. The Morgan fingerprint density at radius 2 is 2.17 bits per heavy atom. The van der Waals surface area contributed by atoms with Gasteiger partial charge in [0.05, 0.1) is 25.9 Å². The number of nitrogens with one attached hydrogen (secondary N) is 1. The van der Waals surface area contributed by atoms with Gasteiger partial charge in [-0.25, -0.2) is 9.67 Å². The minimum atomic E-state index is -0.156. The summed E-state index contributed by atoms with van der Waals surface area (Å²) < 4.78 is 8.38. The van der Waals surface area contributed by atoms with Crippen LogP contribution >= 0.6 is 0 Å². The van der Waals surface area contributed by atoms with E-state index >= 15 is 0 Å². The summed E-state index contributed by atoms with van der Waals surface area (Å²) in [5.74, 6) is 6.73. The average Bonchev–Trinajstić information content (AvgIpc) is 2.99. The molecule has 1 N–H and O–H groups in total. The van der Waals surface area contributed by atoms with E-state index in [1.54, 1.807) is 20.2 Å². The molecule has 2 aromatic rings. The highest BCUT2D eigenvalue weighted by atomic mass is 16.5. The molecule has 8 heteroatoms. The maximum atomic E-state index is 12.8. The van der Waals surface area contributed by atoms with Gasteiger partial charge in [-0.2, -0.15) is 5.10 Å². The first-order valence-electron chi connectivity index (χ1n) is 8.07. The third-order valence-electron chi connectivity index (χ3n) is 4.05. The van der Waals surface area contributed by atoms with Crippen LogP contribution in [0, 0.1) is 11.8 Å². The van der Waals surface area contributed by atoms with Crippen LogP contribution in [0.15, 0.2) is 11.0 Å². The fraction of sp³-hybridized carbons (Fsp3) is 0.562. The van der Waals surface area contributed by atoms with E-state index in [1.165, 1.54) is 4.68 Å². The molecule has 0 aromatic carbocycles. The lowest BCUT2D eigenvalue weighted by molar-refractivity contribution is 0.182. The number of ether oxygens (including phenoxy) is 1. The number of nitrogens with zero attached hydrogens (tertiary/aromatic N) is 5. The molecule has 24 heavy (non-hydrogen) atoms. The van der Waals surface area contributed by atoms with Gasteiger partial charge in [-0.1, -0.05) is 5.92 Å². The third-order valence-corrected chi connectivity index (χ3v) is 4.05. The summed E-state index contributed by atoms with van der Waals surface area (Å²) in [4.78, 5) is 19.7. The van der Waals surface area contributed by atoms with Gasteiger partial charge < -0.3 is 15.0 Å². The van der Waals surface area contributed by atoms with Gasteiger partial charge >= 0.3 is 0 Å². The quantitative estimate of drug-likeness (QED) is 0.757. The molecule has 2 aromatic heterocycles. The zero-order valence-corrected chi connectivity index (χ0v) is 14.1. The van der Waals surface area contributed by atoms with E-state index in [9.17, 15) is 4.79 Å². The molecular formula is C16H22N6O2. The van der Waals surface area contributed by atoms with Gasteiger partial charge in [0.1, 0.15) is 11.0 Å². The van der Waals surface area contributed by atoms with Crippen LogP contribution in [-0.2, 0) is 17.8 Å². The molecule has 1 aliphatic heterocycles. The van der Waals surface area contributed by atoms with E-state index < -0.39 is 0 Å². The van der Waals surface area contributed by atoms with Gasteiger partial charge in [0, 0.05) is 33.3 Å². The van der Waals surface area contributed by atoms with Crippen molar-refractivity contribution >= 4 is 17.0 Å². The summed E-state index contributed by atoms with van der Waals surface area (Å²) in [5.41, 5.74) is 1.01. The molecule has 0 atom stereocenters. The zero-order chi connectivity index (χ0) is 16.9. The Labute approximate surface area is 140 Å². The molecular weight excluding hydrogens is 308 g/mol. The van der Waals surface area contributed by atoms with Crippen molar-refractivity contribution in [3.8, 4) is 11.8 Å². The molecule has 1 fully saturated rings. The van der Waals surface area contributed by atoms with Gasteiger partial charge in [0.2, 0.25) is 5.95 Å². The fourth-order valence-corrected chi connectivity index (χ4v) is 2.82. The lowest BCUT2D eigenvalue weighted by Crippen LogP contribution is -2.44. The highest BCUT2D eigenvalue weighted by Crippen LogP contribution is 2.20. The summed E-state index contributed by atoms with van der Waals surface area (Å²) >= 11 is 0. The van der Waals surface area contributed by atoms with Crippen LogP contribution in [0.4, 0.5) is 5.95 Å². The lowest BCUT2D eigenvalue weighted by atomic mass is 10.4. The second-order valence-electron chi connectivity index (χ2n) is 5.56. The van der Waals surface area contributed by atoms with Gasteiger partial charge in [-0.3, -0.25) is 9.36 Å². The fourth-order valence-electron chi connectivity index (χ4n) is 2.82. The number of aromatic nitrogens is 4. The summed E-state index contributed by atoms with van der Waals surface area (Å²) in [6, 6.07) is 0. The standard InChI is InChI=1S/C16H22N6O2/c1-3-4-7-21-14-13(12-18-22(15(14)23)10-11-24-2)19-16(21)20-8-5-17-6-9-20/h12,17H,5-11H2,1-2H3. The Morgan fingerprint density at radius 3 is 2.88 bits per heavy atom. The Balaban J connectivity index is 2.11. The largest absolute Gasteiger partial charge is 0.383 e. The van der Waals surface area contributed by atoms with E-state index in [1.807, 2.05) is 4.57 Å². The molecule has 0 amide bonds. The molecule has 128 valence electrons. The van der Waals surface area contributed by atoms with Crippen LogP contribution in [-0.4, -0.2) is 59.2 Å². The number of piperazine rings is 1. The van der Waals surface area contributed by atoms with E-state index in [0.29, 0.717) is 30.7 Å². The first-order chi connectivity index (χ1) is 11.8. The van der Waals surface area contributed by atoms with E-state index in [-0.39, 0.29) is 5.56 Å². The molecule has 0 spiro atoms. The normalized spacial score (nSPS) is 14.7. The van der Waals surface area contributed by atoms with Crippen molar-refractivity contribution < 1.29 is 4.74 Å². The van der Waals surface area contributed by atoms with E-state index in [0.717, 1.165) is 32.1 Å². The molecule has 0 unspecified atom stereocenters. The molecule has 1 saturated heterocycles. The van der Waals surface area contributed by atoms with Crippen LogP contribution in [0.25, 0.3) is 11.0 Å². The molecule has 8 nitrogen and oxygen atoms in total.